The Labute approximate surface area is 148 Å². The number of nitrogens with one attached hydrogen (secondary N) is 2. The Morgan fingerprint density at radius 3 is 2.56 bits per heavy atom. The molecule has 3 rings (SSSR count). The molecule has 2 amide bonds. The van der Waals surface area contributed by atoms with Crippen molar-refractivity contribution < 1.29 is 9.59 Å². The lowest BCUT2D eigenvalue weighted by Gasteiger charge is -2.26. The van der Waals surface area contributed by atoms with Crippen molar-refractivity contribution in [1.29, 1.82) is 0 Å². The van der Waals surface area contributed by atoms with E-state index in [2.05, 4.69) is 10.3 Å². The summed E-state index contributed by atoms with van der Waals surface area (Å²) in [4.78, 5) is 41.7. The van der Waals surface area contributed by atoms with Crippen LogP contribution in [-0.4, -0.2) is 40.8 Å². The van der Waals surface area contributed by atoms with Gasteiger partial charge in [0.1, 0.15) is 5.56 Å². The number of carbonyl (C=O) groups excluding carboxylic acids is 2. The van der Waals surface area contributed by atoms with Crippen LogP contribution in [0, 0.1) is 19.8 Å². The average Bonchev–Trinajstić information content (AvgIpc) is 3.02. The number of amides is 2. The Hall–Kier alpha value is -2.11. The third-order valence-corrected chi connectivity index (χ3v) is 5.38. The molecule has 1 aliphatic heterocycles. The van der Waals surface area contributed by atoms with Crippen LogP contribution in [0.2, 0.25) is 0 Å². The number of aryl methyl sites for hydroxylation is 2. The van der Waals surface area contributed by atoms with Crippen molar-refractivity contribution in [1.82, 2.24) is 15.2 Å². The third-order valence-electron chi connectivity index (χ3n) is 5.38. The predicted molar refractivity (Wildman–Crippen MR) is 95.6 cm³/mol. The first-order valence-corrected chi connectivity index (χ1v) is 9.26. The number of carbonyl (C=O) groups is 2. The van der Waals surface area contributed by atoms with Crippen molar-refractivity contribution in [3.63, 3.8) is 0 Å². The Kier molecular flexibility index (Phi) is 5.25. The molecular weight excluding hydrogens is 318 g/mol. The number of hydrogen-bond donors (Lipinski definition) is 2. The van der Waals surface area contributed by atoms with Crippen LogP contribution in [0.1, 0.15) is 60.1 Å². The standard InChI is InChI=1S/C19H27N3O3/c1-12-10-13(2)20-17(23)16(12)18(24)21-15-8-9-22(11-15)19(25)14-6-4-3-5-7-14/h10,14-15H,3-9,11H2,1-2H3,(H,20,23)(H,21,24)/t15-/m1/s1. The topological polar surface area (TPSA) is 82.3 Å². The molecular formula is C19H27N3O3. The highest BCUT2D eigenvalue weighted by atomic mass is 16.2. The number of nitrogens with zero attached hydrogens (tertiary/aromatic N) is 1. The Morgan fingerprint density at radius 1 is 1.16 bits per heavy atom. The van der Waals surface area contributed by atoms with Crippen molar-refractivity contribution in [3.8, 4) is 0 Å². The van der Waals surface area contributed by atoms with Gasteiger partial charge in [-0.15, -0.1) is 0 Å². The maximum Gasteiger partial charge on any atom is 0.261 e. The Morgan fingerprint density at radius 2 is 1.88 bits per heavy atom. The van der Waals surface area contributed by atoms with Gasteiger partial charge in [-0.3, -0.25) is 14.4 Å². The molecule has 2 heterocycles. The zero-order valence-electron chi connectivity index (χ0n) is 15.1. The number of H-pyrrole nitrogens is 1. The quantitative estimate of drug-likeness (QED) is 0.878. The molecule has 0 radical (unpaired) electrons. The van der Waals surface area contributed by atoms with Crippen molar-refractivity contribution >= 4 is 11.8 Å². The minimum Gasteiger partial charge on any atom is -0.347 e. The minimum absolute atomic E-state index is 0.0832. The zero-order valence-corrected chi connectivity index (χ0v) is 15.1. The molecule has 0 unspecified atom stereocenters. The van der Waals surface area contributed by atoms with E-state index in [0.29, 0.717) is 18.7 Å². The van der Waals surface area contributed by atoms with E-state index >= 15 is 0 Å². The van der Waals surface area contributed by atoms with Gasteiger partial charge in [0.25, 0.3) is 11.5 Å². The van der Waals surface area contributed by atoms with Crippen LogP contribution in [0.4, 0.5) is 0 Å². The van der Waals surface area contributed by atoms with Gasteiger partial charge < -0.3 is 15.2 Å². The van der Waals surface area contributed by atoms with Crippen molar-refractivity contribution in [2.45, 2.75) is 58.4 Å². The summed E-state index contributed by atoms with van der Waals surface area (Å²) in [6.07, 6.45) is 6.23. The van der Waals surface area contributed by atoms with E-state index in [1.54, 1.807) is 19.9 Å². The van der Waals surface area contributed by atoms with Gasteiger partial charge in [-0.2, -0.15) is 0 Å². The highest BCUT2D eigenvalue weighted by molar-refractivity contribution is 5.95. The van der Waals surface area contributed by atoms with Gasteiger partial charge in [-0.1, -0.05) is 19.3 Å². The van der Waals surface area contributed by atoms with Crippen LogP contribution >= 0.6 is 0 Å². The molecule has 0 spiro atoms. The number of aromatic nitrogens is 1. The van der Waals surface area contributed by atoms with Gasteiger partial charge in [0.2, 0.25) is 5.91 Å². The van der Waals surface area contributed by atoms with E-state index in [-0.39, 0.29) is 34.9 Å². The maximum atomic E-state index is 12.6. The van der Waals surface area contributed by atoms with E-state index < -0.39 is 0 Å². The molecule has 1 aromatic heterocycles. The molecule has 0 bridgehead atoms. The summed E-state index contributed by atoms with van der Waals surface area (Å²) in [6.45, 7) is 4.79. The van der Waals surface area contributed by atoms with Gasteiger partial charge in [0, 0.05) is 30.7 Å². The van der Waals surface area contributed by atoms with E-state index in [0.717, 1.165) is 37.8 Å². The number of hydrogen-bond acceptors (Lipinski definition) is 3. The number of pyridine rings is 1. The fourth-order valence-corrected chi connectivity index (χ4v) is 4.08. The van der Waals surface area contributed by atoms with Crippen molar-refractivity contribution in [2.24, 2.45) is 5.92 Å². The molecule has 0 aromatic carbocycles. The van der Waals surface area contributed by atoms with Crippen LogP contribution in [0.5, 0.6) is 0 Å². The highest BCUT2D eigenvalue weighted by Crippen LogP contribution is 2.26. The zero-order chi connectivity index (χ0) is 18.0. The number of rotatable bonds is 3. The molecule has 136 valence electrons. The molecule has 6 heteroatoms. The lowest BCUT2D eigenvalue weighted by atomic mass is 9.88. The second-order valence-corrected chi connectivity index (χ2v) is 7.42. The normalized spacial score (nSPS) is 21.4. The predicted octanol–water partition coefficient (Wildman–Crippen LogP) is 1.90. The molecule has 1 aliphatic carbocycles. The van der Waals surface area contributed by atoms with Gasteiger partial charge >= 0.3 is 0 Å². The largest absolute Gasteiger partial charge is 0.347 e. The van der Waals surface area contributed by atoms with Crippen LogP contribution in [0.15, 0.2) is 10.9 Å². The van der Waals surface area contributed by atoms with Gasteiger partial charge in [0.15, 0.2) is 0 Å². The first kappa shape index (κ1) is 17.7. The molecule has 1 aromatic rings. The van der Waals surface area contributed by atoms with E-state index in [4.69, 9.17) is 0 Å². The van der Waals surface area contributed by atoms with Crippen LogP contribution in [0.3, 0.4) is 0 Å². The summed E-state index contributed by atoms with van der Waals surface area (Å²) in [6, 6.07) is 1.71. The fraction of sp³-hybridized carbons (Fsp3) is 0.632. The summed E-state index contributed by atoms with van der Waals surface area (Å²) in [5, 5.41) is 2.93. The summed E-state index contributed by atoms with van der Waals surface area (Å²) >= 11 is 0. The molecule has 2 aliphatic rings. The molecule has 2 fully saturated rings. The minimum atomic E-state index is -0.358. The lowest BCUT2D eigenvalue weighted by Crippen LogP contribution is -2.42. The Balaban J connectivity index is 1.60. The van der Waals surface area contributed by atoms with Gasteiger partial charge in [-0.05, 0) is 44.7 Å². The SMILES string of the molecule is Cc1cc(C)c(C(=O)N[C@@H]2CCN(C(=O)C3CCCCC3)C2)c(=O)[nH]1. The van der Waals surface area contributed by atoms with Crippen LogP contribution in [-0.2, 0) is 4.79 Å². The summed E-state index contributed by atoms with van der Waals surface area (Å²) < 4.78 is 0. The summed E-state index contributed by atoms with van der Waals surface area (Å²) in [5.41, 5.74) is 1.22. The lowest BCUT2D eigenvalue weighted by molar-refractivity contribution is -0.135. The van der Waals surface area contributed by atoms with Crippen LogP contribution in [0.25, 0.3) is 0 Å². The number of likely N-dealkylation sites (tertiary alicyclic amines) is 1. The van der Waals surface area contributed by atoms with Crippen LogP contribution < -0.4 is 10.9 Å². The third kappa shape index (κ3) is 3.94. The molecule has 1 saturated heterocycles. The molecule has 1 atom stereocenters. The molecule has 1 saturated carbocycles. The summed E-state index contributed by atoms with van der Waals surface area (Å²) in [7, 11) is 0. The van der Waals surface area contributed by atoms with E-state index in [1.807, 2.05) is 4.90 Å². The van der Waals surface area contributed by atoms with Crippen molar-refractivity contribution in [3.05, 3.63) is 33.2 Å². The second-order valence-electron chi connectivity index (χ2n) is 7.42. The van der Waals surface area contributed by atoms with E-state index in [9.17, 15) is 14.4 Å². The van der Waals surface area contributed by atoms with Crippen molar-refractivity contribution in [2.75, 3.05) is 13.1 Å². The highest BCUT2D eigenvalue weighted by Gasteiger charge is 2.32. The first-order chi connectivity index (χ1) is 12.0. The summed E-state index contributed by atoms with van der Waals surface area (Å²) in [5.74, 6) is 0.0434. The maximum absolute atomic E-state index is 12.6. The molecule has 6 nitrogen and oxygen atoms in total. The molecule has 25 heavy (non-hydrogen) atoms. The Bertz CT molecular complexity index is 719. The van der Waals surface area contributed by atoms with Gasteiger partial charge in [0.05, 0.1) is 0 Å². The smallest absolute Gasteiger partial charge is 0.261 e. The monoisotopic (exact) mass is 345 g/mol. The van der Waals surface area contributed by atoms with Gasteiger partial charge in [-0.25, -0.2) is 0 Å². The fourth-order valence-electron chi connectivity index (χ4n) is 4.08. The van der Waals surface area contributed by atoms with E-state index in [1.165, 1.54) is 6.42 Å². The first-order valence-electron chi connectivity index (χ1n) is 9.26. The second kappa shape index (κ2) is 7.42. The molecule has 2 N–H and O–H groups in total. The average molecular weight is 345 g/mol. The number of aromatic amines is 1.